The first kappa shape index (κ1) is 15.9. The standard InChI is InChI=1S/C18H21NO3/c1-4-22-16-11-10-15(12-17(16)21-3)18(20)19(2)13-14-8-6-5-7-9-14/h5-12H,4,13H2,1-3H3. The Bertz CT molecular complexity index is 625. The average Bonchev–Trinajstić information content (AvgIpc) is 2.55. The van der Waals surface area contributed by atoms with Gasteiger partial charge in [-0.15, -0.1) is 0 Å². The van der Waals surface area contributed by atoms with Gasteiger partial charge in [-0.05, 0) is 30.7 Å². The lowest BCUT2D eigenvalue weighted by molar-refractivity contribution is 0.0784. The second kappa shape index (κ2) is 7.50. The molecule has 2 rings (SSSR count). The Balaban J connectivity index is 2.14. The number of hydrogen-bond donors (Lipinski definition) is 0. The first-order chi connectivity index (χ1) is 10.7. The molecule has 0 aliphatic carbocycles. The van der Waals surface area contributed by atoms with Crippen LogP contribution in [0.3, 0.4) is 0 Å². The maximum atomic E-state index is 12.5. The van der Waals surface area contributed by atoms with Crippen molar-refractivity contribution in [3.05, 3.63) is 59.7 Å². The molecule has 22 heavy (non-hydrogen) atoms. The number of benzene rings is 2. The van der Waals surface area contributed by atoms with Crippen molar-refractivity contribution in [3.63, 3.8) is 0 Å². The van der Waals surface area contributed by atoms with Crippen LogP contribution in [0.5, 0.6) is 11.5 Å². The third kappa shape index (κ3) is 3.79. The van der Waals surface area contributed by atoms with Crippen molar-refractivity contribution in [2.75, 3.05) is 20.8 Å². The van der Waals surface area contributed by atoms with Crippen LogP contribution in [-0.4, -0.2) is 31.6 Å². The minimum Gasteiger partial charge on any atom is -0.493 e. The van der Waals surface area contributed by atoms with Gasteiger partial charge < -0.3 is 14.4 Å². The van der Waals surface area contributed by atoms with Gasteiger partial charge in [-0.25, -0.2) is 0 Å². The summed E-state index contributed by atoms with van der Waals surface area (Å²) in [5.74, 6) is 1.17. The Morgan fingerprint density at radius 1 is 1.09 bits per heavy atom. The average molecular weight is 299 g/mol. The van der Waals surface area contributed by atoms with Crippen molar-refractivity contribution in [3.8, 4) is 11.5 Å². The summed E-state index contributed by atoms with van der Waals surface area (Å²) in [5, 5.41) is 0. The van der Waals surface area contributed by atoms with Gasteiger partial charge in [-0.3, -0.25) is 4.79 Å². The molecule has 0 aliphatic heterocycles. The first-order valence-electron chi connectivity index (χ1n) is 7.26. The molecule has 0 aromatic heterocycles. The maximum absolute atomic E-state index is 12.5. The molecular formula is C18H21NO3. The summed E-state index contributed by atoms with van der Waals surface area (Å²) >= 11 is 0. The molecule has 4 heteroatoms. The molecule has 0 N–H and O–H groups in total. The highest BCUT2D eigenvalue weighted by atomic mass is 16.5. The normalized spacial score (nSPS) is 10.1. The minimum atomic E-state index is -0.0507. The second-order valence-electron chi connectivity index (χ2n) is 4.95. The van der Waals surface area contributed by atoms with Crippen molar-refractivity contribution in [2.45, 2.75) is 13.5 Å². The Kier molecular flexibility index (Phi) is 5.42. The zero-order valence-corrected chi connectivity index (χ0v) is 13.2. The van der Waals surface area contributed by atoms with Gasteiger partial charge in [0.1, 0.15) is 0 Å². The summed E-state index contributed by atoms with van der Waals surface area (Å²) < 4.78 is 10.8. The quantitative estimate of drug-likeness (QED) is 0.821. The van der Waals surface area contributed by atoms with Gasteiger partial charge in [0.15, 0.2) is 11.5 Å². The summed E-state index contributed by atoms with van der Waals surface area (Å²) in [4.78, 5) is 14.2. The van der Waals surface area contributed by atoms with Crippen LogP contribution in [0, 0.1) is 0 Å². The zero-order valence-electron chi connectivity index (χ0n) is 13.2. The van der Waals surface area contributed by atoms with E-state index in [4.69, 9.17) is 9.47 Å². The van der Waals surface area contributed by atoms with E-state index in [-0.39, 0.29) is 5.91 Å². The molecule has 0 spiro atoms. The Labute approximate surface area is 131 Å². The van der Waals surface area contributed by atoms with Gasteiger partial charge in [0.05, 0.1) is 13.7 Å². The number of carbonyl (C=O) groups is 1. The van der Waals surface area contributed by atoms with Gasteiger partial charge in [0.25, 0.3) is 5.91 Å². The molecule has 0 aliphatic rings. The van der Waals surface area contributed by atoms with Crippen LogP contribution in [0.1, 0.15) is 22.8 Å². The van der Waals surface area contributed by atoms with E-state index >= 15 is 0 Å². The number of rotatable bonds is 6. The molecule has 2 aromatic carbocycles. The van der Waals surface area contributed by atoms with Crippen LogP contribution in [0.4, 0.5) is 0 Å². The van der Waals surface area contributed by atoms with Crippen LogP contribution < -0.4 is 9.47 Å². The lowest BCUT2D eigenvalue weighted by Gasteiger charge is -2.18. The Morgan fingerprint density at radius 2 is 1.82 bits per heavy atom. The number of ether oxygens (including phenoxy) is 2. The summed E-state index contributed by atoms with van der Waals surface area (Å²) in [7, 11) is 3.36. The zero-order chi connectivity index (χ0) is 15.9. The number of amides is 1. The number of methoxy groups -OCH3 is 1. The van der Waals surface area contributed by atoms with E-state index in [1.807, 2.05) is 37.3 Å². The lowest BCUT2D eigenvalue weighted by atomic mass is 10.1. The van der Waals surface area contributed by atoms with E-state index in [0.29, 0.717) is 30.2 Å². The fourth-order valence-electron chi connectivity index (χ4n) is 2.22. The number of nitrogens with zero attached hydrogens (tertiary/aromatic N) is 1. The molecule has 1 amide bonds. The molecule has 4 nitrogen and oxygen atoms in total. The van der Waals surface area contributed by atoms with Crippen LogP contribution >= 0.6 is 0 Å². The molecule has 0 saturated heterocycles. The largest absolute Gasteiger partial charge is 0.493 e. The van der Waals surface area contributed by atoms with E-state index in [0.717, 1.165) is 5.56 Å². The van der Waals surface area contributed by atoms with E-state index in [2.05, 4.69) is 0 Å². The van der Waals surface area contributed by atoms with Gasteiger partial charge in [-0.2, -0.15) is 0 Å². The molecule has 2 aromatic rings. The fraction of sp³-hybridized carbons (Fsp3) is 0.278. The highest BCUT2D eigenvalue weighted by Gasteiger charge is 2.15. The van der Waals surface area contributed by atoms with Crippen LogP contribution in [-0.2, 0) is 6.54 Å². The fourth-order valence-corrected chi connectivity index (χ4v) is 2.22. The van der Waals surface area contributed by atoms with Crippen molar-refractivity contribution in [1.82, 2.24) is 4.90 Å². The number of carbonyl (C=O) groups excluding carboxylic acids is 1. The van der Waals surface area contributed by atoms with Gasteiger partial charge in [0, 0.05) is 19.2 Å². The van der Waals surface area contributed by atoms with Crippen molar-refractivity contribution in [2.24, 2.45) is 0 Å². The second-order valence-corrected chi connectivity index (χ2v) is 4.95. The summed E-state index contributed by atoms with van der Waals surface area (Å²) in [6.07, 6.45) is 0. The van der Waals surface area contributed by atoms with Crippen molar-refractivity contribution in [1.29, 1.82) is 0 Å². The lowest BCUT2D eigenvalue weighted by Crippen LogP contribution is -2.26. The van der Waals surface area contributed by atoms with Crippen LogP contribution in [0.25, 0.3) is 0 Å². The molecule has 116 valence electrons. The molecule has 0 radical (unpaired) electrons. The monoisotopic (exact) mass is 299 g/mol. The van der Waals surface area contributed by atoms with Crippen LogP contribution in [0.15, 0.2) is 48.5 Å². The third-order valence-corrected chi connectivity index (χ3v) is 3.32. The summed E-state index contributed by atoms with van der Waals surface area (Å²) in [5.41, 5.74) is 1.68. The van der Waals surface area contributed by atoms with Gasteiger partial charge in [-0.1, -0.05) is 30.3 Å². The molecule has 0 unspecified atom stereocenters. The predicted molar refractivity (Wildman–Crippen MR) is 86.4 cm³/mol. The highest BCUT2D eigenvalue weighted by molar-refractivity contribution is 5.94. The maximum Gasteiger partial charge on any atom is 0.254 e. The van der Waals surface area contributed by atoms with E-state index in [1.54, 1.807) is 37.3 Å². The Hall–Kier alpha value is -2.49. The predicted octanol–water partition coefficient (Wildman–Crippen LogP) is 3.37. The van der Waals surface area contributed by atoms with Gasteiger partial charge >= 0.3 is 0 Å². The van der Waals surface area contributed by atoms with E-state index < -0.39 is 0 Å². The molecule has 0 atom stereocenters. The minimum absolute atomic E-state index is 0.0507. The molecular weight excluding hydrogens is 278 g/mol. The Morgan fingerprint density at radius 3 is 2.45 bits per heavy atom. The molecule has 0 fully saturated rings. The van der Waals surface area contributed by atoms with Gasteiger partial charge in [0.2, 0.25) is 0 Å². The van der Waals surface area contributed by atoms with E-state index in [9.17, 15) is 4.79 Å². The topological polar surface area (TPSA) is 38.8 Å². The summed E-state index contributed by atoms with van der Waals surface area (Å²) in [6, 6.07) is 15.1. The number of hydrogen-bond acceptors (Lipinski definition) is 3. The van der Waals surface area contributed by atoms with Crippen molar-refractivity contribution < 1.29 is 14.3 Å². The first-order valence-corrected chi connectivity index (χ1v) is 7.26. The summed E-state index contributed by atoms with van der Waals surface area (Å²) in [6.45, 7) is 3.03. The highest BCUT2D eigenvalue weighted by Crippen LogP contribution is 2.28. The SMILES string of the molecule is CCOc1ccc(C(=O)N(C)Cc2ccccc2)cc1OC. The third-order valence-electron chi connectivity index (χ3n) is 3.32. The van der Waals surface area contributed by atoms with E-state index in [1.165, 1.54) is 0 Å². The molecule has 0 saturated carbocycles. The van der Waals surface area contributed by atoms with Crippen molar-refractivity contribution >= 4 is 5.91 Å². The smallest absolute Gasteiger partial charge is 0.254 e. The molecule has 0 bridgehead atoms. The van der Waals surface area contributed by atoms with Crippen LogP contribution in [0.2, 0.25) is 0 Å². The molecule has 0 heterocycles.